The molecule has 4 rings (SSSR count). The summed E-state index contributed by atoms with van der Waals surface area (Å²) in [5.41, 5.74) is 2.01. The van der Waals surface area contributed by atoms with Crippen LogP contribution in [0.25, 0.3) is 10.9 Å². The first-order valence-corrected chi connectivity index (χ1v) is 9.36. The van der Waals surface area contributed by atoms with Gasteiger partial charge in [-0.25, -0.2) is 8.93 Å². The molecule has 0 saturated heterocycles. The number of fused-ring (bicyclic) bond motifs is 1. The number of aromatic nitrogens is 1. The van der Waals surface area contributed by atoms with Crippen molar-refractivity contribution in [3.05, 3.63) is 60.2 Å². The van der Waals surface area contributed by atoms with E-state index in [9.17, 15) is 4.21 Å². The molecule has 1 aliphatic carbocycles. The van der Waals surface area contributed by atoms with Crippen LogP contribution in [-0.4, -0.2) is 15.8 Å². The molecular formula is C19H20N2O2S. The average molecular weight is 340 g/mol. The van der Waals surface area contributed by atoms with Crippen LogP contribution in [-0.2, 0) is 16.5 Å². The maximum atomic E-state index is 12.8. The zero-order chi connectivity index (χ0) is 16.6. The standard InChI is InChI=1S/C19H20N2O2S/c1-2-23-16-8-9-17-14(12-16)13-18(20-17)24(22)21-19(10-11-19)15-6-4-3-5-7-15/h3-9,12-13,20-21H,2,10-11H2,1H3. The van der Waals surface area contributed by atoms with Crippen LogP contribution in [0, 0.1) is 0 Å². The van der Waals surface area contributed by atoms with Crippen LogP contribution < -0.4 is 9.46 Å². The van der Waals surface area contributed by atoms with Gasteiger partial charge in [-0.1, -0.05) is 30.3 Å². The Kier molecular flexibility index (Phi) is 3.90. The van der Waals surface area contributed by atoms with Crippen molar-refractivity contribution in [2.75, 3.05) is 6.61 Å². The third kappa shape index (κ3) is 2.85. The van der Waals surface area contributed by atoms with Crippen LogP contribution in [0.2, 0.25) is 0 Å². The van der Waals surface area contributed by atoms with Gasteiger partial charge in [0.15, 0.2) is 0 Å². The van der Waals surface area contributed by atoms with Gasteiger partial charge in [-0.3, -0.25) is 0 Å². The molecule has 4 nitrogen and oxygen atoms in total. The molecule has 0 bridgehead atoms. The second-order valence-corrected chi connectivity index (χ2v) is 7.32. The fourth-order valence-corrected chi connectivity index (χ4v) is 4.23. The molecule has 1 aromatic heterocycles. The van der Waals surface area contributed by atoms with E-state index < -0.39 is 11.0 Å². The Balaban J connectivity index is 1.57. The summed E-state index contributed by atoms with van der Waals surface area (Å²) < 4.78 is 21.6. The van der Waals surface area contributed by atoms with Gasteiger partial charge in [-0.2, -0.15) is 0 Å². The van der Waals surface area contributed by atoms with Crippen molar-refractivity contribution in [1.82, 2.24) is 9.71 Å². The lowest BCUT2D eigenvalue weighted by Crippen LogP contribution is -2.30. The normalized spacial score (nSPS) is 16.9. The van der Waals surface area contributed by atoms with E-state index in [4.69, 9.17) is 4.74 Å². The van der Waals surface area contributed by atoms with E-state index in [1.165, 1.54) is 5.56 Å². The summed E-state index contributed by atoms with van der Waals surface area (Å²) in [5.74, 6) is 0.831. The van der Waals surface area contributed by atoms with Crippen LogP contribution in [0.15, 0.2) is 59.6 Å². The van der Waals surface area contributed by atoms with E-state index in [1.54, 1.807) is 0 Å². The summed E-state index contributed by atoms with van der Waals surface area (Å²) in [4.78, 5) is 3.25. The van der Waals surface area contributed by atoms with Gasteiger partial charge in [0.25, 0.3) is 0 Å². The second kappa shape index (κ2) is 6.07. The van der Waals surface area contributed by atoms with Crippen LogP contribution in [0.1, 0.15) is 25.3 Å². The van der Waals surface area contributed by atoms with Gasteiger partial charge in [0.2, 0.25) is 0 Å². The third-order valence-electron chi connectivity index (χ3n) is 4.44. The van der Waals surface area contributed by atoms with Crippen molar-refractivity contribution in [1.29, 1.82) is 0 Å². The predicted molar refractivity (Wildman–Crippen MR) is 96.4 cm³/mol. The molecule has 1 fully saturated rings. The second-order valence-electron chi connectivity index (χ2n) is 6.13. The van der Waals surface area contributed by atoms with Crippen molar-refractivity contribution >= 4 is 21.9 Å². The topological polar surface area (TPSA) is 54.1 Å². The Labute approximate surface area is 143 Å². The molecule has 1 saturated carbocycles. The van der Waals surface area contributed by atoms with E-state index in [0.717, 1.165) is 29.5 Å². The highest BCUT2D eigenvalue weighted by Crippen LogP contribution is 2.46. The van der Waals surface area contributed by atoms with E-state index >= 15 is 0 Å². The van der Waals surface area contributed by atoms with E-state index in [-0.39, 0.29) is 5.54 Å². The number of hydrogen-bond acceptors (Lipinski definition) is 2. The maximum absolute atomic E-state index is 12.8. The van der Waals surface area contributed by atoms with Crippen LogP contribution >= 0.6 is 0 Å². The minimum atomic E-state index is -1.28. The monoisotopic (exact) mass is 340 g/mol. The molecular weight excluding hydrogens is 320 g/mol. The first kappa shape index (κ1) is 15.4. The van der Waals surface area contributed by atoms with Crippen molar-refractivity contribution in [3.63, 3.8) is 0 Å². The highest BCUT2D eigenvalue weighted by Gasteiger charge is 2.45. The van der Waals surface area contributed by atoms with Gasteiger partial charge >= 0.3 is 0 Å². The molecule has 0 radical (unpaired) electrons. The molecule has 5 heteroatoms. The summed E-state index contributed by atoms with van der Waals surface area (Å²) in [7, 11) is -1.28. The van der Waals surface area contributed by atoms with Gasteiger partial charge in [0.1, 0.15) is 21.8 Å². The Morgan fingerprint density at radius 3 is 2.67 bits per heavy atom. The summed E-state index contributed by atoms with van der Waals surface area (Å²) in [6.07, 6.45) is 2.02. The first-order valence-electron chi connectivity index (χ1n) is 8.21. The minimum absolute atomic E-state index is 0.153. The quantitative estimate of drug-likeness (QED) is 0.716. The van der Waals surface area contributed by atoms with E-state index in [1.807, 2.05) is 49.4 Å². The highest BCUT2D eigenvalue weighted by molar-refractivity contribution is 7.83. The zero-order valence-electron chi connectivity index (χ0n) is 13.5. The molecule has 1 atom stereocenters. The minimum Gasteiger partial charge on any atom is -0.494 e. The molecule has 1 aliphatic rings. The molecule has 1 heterocycles. The molecule has 2 N–H and O–H groups in total. The summed E-state index contributed by atoms with van der Waals surface area (Å²) >= 11 is 0. The molecule has 3 aromatic rings. The summed E-state index contributed by atoms with van der Waals surface area (Å²) in [6.45, 7) is 2.60. The number of nitrogens with one attached hydrogen (secondary N) is 2. The Morgan fingerprint density at radius 2 is 1.96 bits per heavy atom. The van der Waals surface area contributed by atoms with Crippen molar-refractivity contribution in [2.45, 2.75) is 30.3 Å². The Morgan fingerprint density at radius 1 is 1.17 bits per heavy atom. The lowest BCUT2D eigenvalue weighted by Gasteiger charge is -2.16. The largest absolute Gasteiger partial charge is 0.494 e. The maximum Gasteiger partial charge on any atom is 0.142 e. The van der Waals surface area contributed by atoms with Gasteiger partial charge < -0.3 is 9.72 Å². The Hall–Kier alpha value is -2.11. The van der Waals surface area contributed by atoms with Crippen molar-refractivity contribution in [3.8, 4) is 5.75 Å². The molecule has 24 heavy (non-hydrogen) atoms. The summed E-state index contributed by atoms with van der Waals surface area (Å²) in [6, 6.07) is 18.0. The number of rotatable bonds is 6. The number of aromatic amines is 1. The average Bonchev–Trinajstić information content (AvgIpc) is 3.26. The first-order chi connectivity index (χ1) is 11.7. The van der Waals surface area contributed by atoms with Crippen molar-refractivity contribution in [2.24, 2.45) is 0 Å². The van der Waals surface area contributed by atoms with Gasteiger partial charge in [-0.05, 0) is 49.6 Å². The summed E-state index contributed by atoms with van der Waals surface area (Å²) in [5, 5.41) is 1.71. The van der Waals surface area contributed by atoms with Crippen LogP contribution in [0.3, 0.4) is 0 Å². The zero-order valence-corrected chi connectivity index (χ0v) is 14.4. The fraction of sp³-hybridized carbons (Fsp3) is 0.263. The number of ether oxygens (including phenoxy) is 1. The number of hydrogen-bond donors (Lipinski definition) is 2. The molecule has 124 valence electrons. The SMILES string of the molecule is CCOc1ccc2[nH]c(S(=O)NC3(c4ccccc4)CC3)cc2c1. The van der Waals surface area contributed by atoms with Crippen LogP contribution in [0.5, 0.6) is 5.75 Å². The van der Waals surface area contributed by atoms with E-state index in [0.29, 0.717) is 11.6 Å². The number of benzene rings is 2. The Bertz CT molecular complexity index is 885. The molecule has 1 unspecified atom stereocenters. The molecule has 0 aliphatic heterocycles. The fourth-order valence-electron chi connectivity index (χ4n) is 3.00. The van der Waals surface area contributed by atoms with Gasteiger partial charge in [-0.15, -0.1) is 0 Å². The smallest absolute Gasteiger partial charge is 0.142 e. The van der Waals surface area contributed by atoms with Crippen molar-refractivity contribution < 1.29 is 8.95 Å². The highest BCUT2D eigenvalue weighted by atomic mass is 32.2. The van der Waals surface area contributed by atoms with Gasteiger partial charge in [0.05, 0.1) is 12.1 Å². The predicted octanol–water partition coefficient (Wildman–Crippen LogP) is 3.87. The number of H-pyrrole nitrogens is 1. The molecule has 0 spiro atoms. The van der Waals surface area contributed by atoms with E-state index in [2.05, 4.69) is 21.8 Å². The molecule has 0 amide bonds. The lowest BCUT2D eigenvalue weighted by molar-refractivity contribution is 0.341. The molecule has 2 aromatic carbocycles. The third-order valence-corrected chi connectivity index (χ3v) is 5.64. The lowest BCUT2D eigenvalue weighted by atomic mass is 10.1. The van der Waals surface area contributed by atoms with Gasteiger partial charge in [0, 0.05) is 10.9 Å². The van der Waals surface area contributed by atoms with Crippen LogP contribution in [0.4, 0.5) is 0 Å².